The van der Waals surface area contributed by atoms with E-state index in [0.717, 1.165) is 45.9 Å². The molecule has 0 aliphatic carbocycles. The van der Waals surface area contributed by atoms with E-state index < -0.39 is 0 Å². The van der Waals surface area contributed by atoms with Gasteiger partial charge in [-0.05, 0) is 18.1 Å². The molecule has 0 saturated carbocycles. The van der Waals surface area contributed by atoms with E-state index in [4.69, 9.17) is 4.74 Å². The molecule has 2 heterocycles. The van der Waals surface area contributed by atoms with Crippen molar-refractivity contribution in [2.75, 3.05) is 39.4 Å². The van der Waals surface area contributed by atoms with Crippen LogP contribution >= 0.6 is 0 Å². The average Bonchev–Trinajstić information content (AvgIpc) is 2.46. The van der Waals surface area contributed by atoms with Gasteiger partial charge in [0.15, 0.2) is 0 Å². The van der Waals surface area contributed by atoms with Crippen molar-refractivity contribution in [3.63, 3.8) is 0 Å². The number of rotatable bonds is 3. The standard InChI is InChI=1S/C16H22N2O2/c1-13-2-3-14-12-18(16(19)11-15(14)10-13)5-4-17-6-8-20-9-7-17/h2-3,10H,4-9,11-12H2,1H3. The summed E-state index contributed by atoms with van der Waals surface area (Å²) in [6.45, 7) is 8.22. The van der Waals surface area contributed by atoms with Crippen LogP contribution in [0, 0.1) is 6.92 Å². The second-order valence-electron chi connectivity index (χ2n) is 5.72. The van der Waals surface area contributed by atoms with Crippen LogP contribution in [0.4, 0.5) is 0 Å². The number of benzene rings is 1. The Morgan fingerprint density at radius 3 is 2.75 bits per heavy atom. The molecule has 1 aromatic rings. The number of carbonyl (C=O) groups is 1. The first-order valence-electron chi connectivity index (χ1n) is 7.38. The molecule has 0 aromatic heterocycles. The maximum absolute atomic E-state index is 12.2. The smallest absolute Gasteiger partial charge is 0.227 e. The van der Waals surface area contributed by atoms with Crippen molar-refractivity contribution in [3.8, 4) is 0 Å². The molecule has 0 N–H and O–H groups in total. The molecule has 1 aromatic carbocycles. The van der Waals surface area contributed by atoms with Gasteiger partial charge in [-0.3, -0.25) is 9.69 Å². The van der Waals surface area contributed by atoms with E-state index in [-0.39, 0.29) is 5.91 Å². The van der Waals surface area contributed by atoms with Crippen LogP contribution in [0.1, 0.15) is 16.7 Å². The van der Waals surface area contributed by atoms with E-state index in [1.54, 1.807) is 0 Å². The Hall–Kier alpha value is -1.39. The fourth-order valence-corrected chi connectivity index (χ4v) is 2.93. The van der Waals surface area contributed by atoms with Gasteiger partial charge in [-0.1, -0.05) is 23.8 Å². The summed E-state index contributed by atoms with van der Waals surface area (Å²) in [4.78, 5) is 16.6. The third-order valence-corrected chi connectivity index (χ3v) is 4.21. The van der Waals surface area contributed by atoms with Crippen molar-refractivity contribution in [2.24, 2.45) is 0 Å². The summed E-state index contributed by atoms with van der Waals surface area (Å²) in [5.74, 6) is 0.261. The molecule has 0 atom stereocenters. The Bertz CT molecular complexity index is 495. The minimum Gasteiger partial charge on any atom is -0.379 e. The zero-order valence-corrected chi connectivity index (χ0v) is 12.1. The second kappa shape index (κ2) is 5.94. The van der Waals surface area contributed by atoms with Crippen molar-refractivity contribution < 1.29 is 9.53 Å². The first-order valence-corrected chi connectivity index (χ1v) is 7.38. The maximum atomic E-state index is 12.2. The normalized spacial score (nSPS) is 20.1. The Labute approximate surface area is 120 Å². The molecular formula is C16H22N2O2. The van der Waals surface area contributed by atoms with Gasteiger partial charge in [0.05, 0.1) is 19.6 Å². The summed E-state index contributed by atoms with van der Waals surface area (Å²) in [5, 5.41) is 0. The summed E-state index contributed by atoms with van der Waals surface area (Å²) in [5.41, 5.74) is 3.74. The molecule has 4 nitrogen and oxygen atoms in total. The lowest BCUT2D eigenvalue weighted by atomic mass is 9.97. The van der Waals surface area contributed by atoms with Gasteiger partial charge in [-0.25, -0.2) is 0 Å². The first-order chi connectivity index (χ1) is 9.72. The van der Waals surface area contributed by atoms with Crippen molar-refractivity contribution >= 4 is 5.91 Å². The molecule has 20 heavy (non-hydrogen) atoms. The molecule has 2 aliphatic rings. The van der Waals surface area contributed by atoms with E-state index in [1.165, 1.54) is 16.7 Å². The molecule has 1 saturated heterocycles. The fraction of sp³-hybridized carbons (Fsp3) is 0.562. The Balaban J connectivity index is 1.60. The number of nitrogens with zero attached hydrogens (tertiary/aromatic N) is 2. The maximum Gasteiger partial charge on any atom is 0.227 e. The average molecular weight is 274 g/mol. The lowest BCUT2D eigenvalue weighted by Crippen LogP contribution is -2.44. The lowest BCUT2D eigenvalue weighted by Gasteiger charge is -2.32. The monoisotopic (exact) mass is 274 g/mol. The highest BCUT2D eigenvalue weighted by molar-refractivity contribution is 5.81. The van der Waals surface area contributed by atoms with E-state index in [0.29, 0.717) is 6.42 Å². The Morgan fingerprint density at radius 1 is 1.15 bits per heavy atom. The molecule has 0 spiro atoms. The van der Waals surface area contributed by atoms with Gasteiger partial charge in [0.25, 0.3) is 0 Å². The minimum atomic E-state index is 0.261. The Kier molecular flexibility index (Phi) is 4.03. The molecule has 0 radical (unpaired) electrons. The van der Waals surface area contributed by atoms with Crippen molar-refractivity contribution in [1.82, 2.24) is 9.80 Å². The van der Waals surface area contributed by atoms with Crippen molar-refractivity contribution in [2.45, 2.75) is 19.9 Å². The second-order valence-corrected chi connectivity index (χ2v) is 5.72. The molecule has 1 fully saturated rings. The number of amides is 1. The van der Waals surface area contributed by atoms with Crippen LogP contribution in [-0.4, -0.2) is 55.1 Å². The summed E-state index contributed by atoms with van der Waals surface area (Å²) in [7, 11) is 0. The van der Waals surface area contributed by atoms with Crippen LogP contribution in [0.2, 0.25) is 0 Å². The predicted molar refractivity (Wildman–Crippen MR) is 77.6 cm³/mol. The zero-order valence-electron chi connectivity index (χ0n) is 12.1. The minimum absolute atomic E-state index is 0.261. The van der Waals surface area contributed by atoms with Crippen LogP contribution < -0.4 is 0 Å². The van der Waals surface area contributed by atoms with Gasteiger partial charge >= 0.3 is 0 Å². The van der Waals surface area contributed by atoms with Gasteiger partial charge in [0, 0.05) is 32.7 Å². The third-order valence-electron chi connectivity index (χ3n) is 4.21. The number of morpholine rings is 1. The quantitative estimate of drug-likeness (QED) is 0.830. The molecule has 0 unspecified atom stereocenters. The van der Waals surface area contributed by atoms with Crippen LogP contribution in [0.25, 0.3) is 0 Å². The largest absolute Gasteiger partial charge is 0.379 e. The summed E-state index contributed by atoms with van der Waals surface area (Å²) in [6.07, 6.45) is 0.556. The van der Waals surface area contributed by atoms with Gasteiger partial charge in [0.1, 0.15) is 0 Å². The van der Waals surface area contributed by atoms with E-state index in [1.807, 2.05) is 4.90 Å². The predicted octanol–water partition coefficient (Wildman–Crippen LogP) is 1.21. The third kappa shape index (κ3) is 3.02. The summed E-state index contributed by atoms with van der Waals surface area (Å²) < 4.78 is 5.35. The van der Waals surface area contributed by atoms with Crippen molar-refractivity contribution in [3.05, 3.63) is 34.9 Å². The highest BCUT2D eigenvalue weighted by Crippen LogP contribution is 2.20. The number of aryl methyl sites for hydroxylation is 1. The van der Waals surface area contributed by atoms with Gasteiger partial charge in [0.2, 0.25) is 5.91 Å². The van der Waals surface area contributed by atoms with Gasteiger partial charge in [-0.2, -0.15) is 0 Å². The van der Waals surface area contributed by atoms with Crippen molar-refractivity contribution in [1.29, 1.82) is 0 Å². The van der Waals surface area contributed by atoms with Gasteiger partial charge in [-0.15, -0.1) is 0 Å². The molecule has 1 amide bonds. The molecular weight excluding hydrogens is 252 g/mol. The molecule has 0 bridgehead atoms. The van der Waals surface area contributed by atoms with Crippen LogP contribution in [0.5, 0.6) is 0 Å². The topological polar surface area (TPSA) is 32.8 Å². The molecule has 108 valence electrons. The fourth-order valence-electron chi connectivity index (χ4n) is 2.93. The number of hydrogen-bond donors (Lipinski definition) is 0. The number of carbonyl (C=O) groups excluding carboxylic acids is 1. The zero-order chi connectivity index (χ0) is 13.9. The van der Waals surface area contributed by atoms with E-state index >= 15 is 0 Å². The van der Waals surface area contributed by atoms with Gasteiger partial charge < -0.3 is 9.64 Å². The lowest BCUT2D eigenvalue weighted by molar-refractivity contribution is -0.132. The highest BCUT2D eigenvalue weighted by Gasteiger charge is 2.23. The molecule has 4 heteroatoms. The number of ether oxygens (including phenoxy) is 1. The highest BCUT2D eigenvalue weighted by atomic mass is 16.5. The van der Waals surface area contributed by atoms with E-state index in [2.05, 4.69) is 30.0 Å². The van der Waals surface area contributed by atoms with Crippen LogP contribution in [0.3, 0.4) is 0 Å². The first kappa shape index (κ1) is 13.6. The van der Waals surface area contributed by atoms with Crippen LogP contribution in [-0.2, 0) is 22.5 Å². The molecule has 3 rings (SSSR count). The van der Waals surface area contributed by atoms with E-state index in [9.17, 15) is 4.79 Å². The summed E-state index contributed by atoms with van der Waals surface area (Å²) in [6, 6.07) is 6.44. The summed E-state index contributed by atoms with van der Waals surface area (Å²) >= 11 is 0. The molecule has 2 aliphatic heterocycles. The van der Waals surface area contributed by atoms with Crippen LogP contribution in [0.15, 0.2) is 18.2 Å². The number of hydrogen-bond acceptors (Lipinski definition) is 3. The number of fused-ring (bicyclic) bond motifs is 1. The SMILES string of the molecule is Cc1ccc2c(c1)CC(=O)N(CCN1CCOCC1)C2. The Morgan fingerprint density at radius 2 is 1.95 bits per heavy atom.